The van der Waals surface area contributed by atoms with Crippen LogP contribution in [0.3, 0.4) is 0 Å². The van der Waals surface area contributed by atoms with Crippen molar-refractivity contribution in [1.29, 1.82) is 0 Å². The summed E-state index contributed by atoms with van der Waals surface area (Å²) in [5.41, 5.74) is 0. The quantitative estimate of drug-likeness (QED) is 0.418. The van der Waals surface area contributed by atoms with Crippen LogP contribution >= 0.6 is 7.60 Å². The smallest absolute Gasteiger partial charge is 0.339 e. The van der Waals surface area contributed by atoms with Crippen LogP contribution in [-0.2, 0) is 4.57 Å². The predicted octanol–water partition coefficient (Wildman–Crippen LogP) is -1.97. The summed E-state index contributed by atoms with van der Waals surface area (Å²) in [6.45, 7) is 5.29. The van der Waals surface area contributed by atoms with Crippen LogP contribution in [-0.4, -0.2) is 107 Å². The van der Waals surface area contributed by atoms with Crippen molar-refractivity contribution in [3.05, 3.63) is 0 Å². The lowest BCUT2D eigenvalue weighted by Crippen LogP contribution is -2.38. The summed E-state index contributed by atoms with van der Waals surface area (Å²) >= 11 is 0. The van der Waals surface area contributed by atoms with Crippen molar-refractivity contribution < 1.29 is 24.6 Å². The summed E-state index contributed by atoms with van der Waals surface area (Å²) in [5, 5.41) is 18.1. The van der Waals surface area contributed by atoms with E-state index in [0.29, 0.717) is 39.3 Å². The summed E-state index contributed by atoms with van der Waals surface area (Å²) < 4.78 is 11.1. The average Bonchev–Trinajstić information content (AvgIpc) is 2.43. The Morgan fingerprint density at radius 3 is 1.40 bits per heavy atom. The van der Waals surface area contributed by atoms with E-state index >= 15 is 0 Å². The standard InChI is InChI=1S/C11H26N3O5P/c15-9-7-12-1-2-13(8-10-16)4-6-14(5-3-12)11-20(17,18)19/h15-16H,1-11H2,(H2,17,18,19). The molecule has 0 aromatic rings. The van der Waals surface area contributed by atoms with E-state index in [4.69, 9.17) is 20.0 Å². The molecule has 0 aromatic carbocycles. The first kappa shape index (κ1) is 18.0. The van der Waals surface area contributed by atoms with Crippen LogP contribution in [0.25, 0.3) is 0 Å². The van der Waals surface area contributed by atoms with Crippen LogP contribution in [0.1, 0.15) is 0 Å². The maximum absolute atomic E-state index is 11.1. The van der Waals surface area contributed by atoms with Gasteiger partial charge >= 0.3 is 7.60 Å². The zero-order valence-electron chi connectivity index (χ0n) is 11.8. The van der Waals surface area contributed by atoms with E-state index in [1.165, 1.54) is 0 Å². The molecule has 0 aromatic heterocycles. The number of aliphatic hydroxyl groups excluding tert-OH is 2. The van der Waals surface area contributed by atoms with Crippen molar-refractivity contribution in [2.45, 2.75) is 0 Å². The molecule has 1 heterocycles. The molecule has 0 radical (unpaired) electrons. The molecule has 9 heteroatoms. The van der Waals surface area contributed by atoms with Gasteiger partial charge in [0.2, 0.25) is 0 Å². The average molecular weight is 311 g/mol. The van der Waals surface area contributed by atoms with Gasteiger partial charge in [-0.15, -0.1) is 0 Å². The minimum atomic E-state index is -4.06. The highest BCUT2D eigenvalue weighted by atomic mass is 31.2. The summed E-state index contributed by atoms with van der Waals surface area (Å²) in [4.78, 5) is 24.1. The first-order chi connectivity index (χ1) is 9.44. The van der Waals surface area contributed by atoms with Crippen molar-refractivity contribution >= 4 is 7.60 Å². The molecule has 1 aliphatic heterocycles. The zero-order valence-corrected chi connectivity index (χ0v) is 12.7. The molecule has 0 spiro atoms. The second-order valence-electron chi connectivity index (χ2n) is 5.05. The van der Waals surface area contributed by atoms with Crippen LogP contribution in [0.4, 0.5) is 0 Å². The van der Waals surface area contributed by atoms with Crippen molar-refractivity contribution in [2.75, 3.05) is 71.9 Å². The molecule has 1 saturated heterocycles. The Balaban J connectivity index is 2.62. The van der Waals surface area contributed by atoms with Gasteiger partial charge in [-0.3, -0.25) is 19.3 Å². The zero-order chi connectivity index (χ0) is 15.0. The molecule has 0 amide bonds. The number of rotatable bonds is 6. The lowest BCUT2D eigenvalue weighted by molar-refractivity contribution is 0.161. The molecule has 1 rings (SSSR count). The number of aliphatic hydroxyl groups is 2. The molecule has 0 saturated carbocycles. The predicted molar refractivity (Wildman–Crippen MR) is 75.5 cm³/mol. The first-order valence-electron chi connectivity index (χ1n) is 6.88. The molecule has 120 valence electrons. The van der Waals surface area contributed by atoms with Crippen molar-refractivity contribution in [2.24, 2.45) is 0 Å². The van der Waals surface area contributed by atoms with Gasteiger partial charge in [0.15, 0.2) is 0 Å². The van der Waals surface area contributed by atoms with Gasteiger partial charge in [0.25, 0.3) is 0 Å². The van der Waals surface area contributed by atoms with Crippen LogP contribution < -0.4 is 0 Å². The summed E-state index contributed by atoms with van der Waals surface area (Å²) in [7, 11) is -4.06. The Morgan fingerprint density at radius 2 is 1.10 bits per heavy atom. The molecule has 0 atom stereocenters. The van der Waals surface area contributed by atoms with Gasteiger partial charge in [0.1, 0.15) is 6.29 Å². The van der Waals surface area contributed by atoms with Crippen LogP contribution in [0, 0.1) is 0 Å². The molecule has 4 N–H and O–H groups in total. The fraction of sp³-hybridized carbons (Fsp3) is 1.00. The van der Waals surface area contributed by atoms with E-state index in [9.17, 15) is 4.57 Å². The Morgan fingerprint density at radius 1 is 0.750 bits per heavy atom. The van der Waals surface area contributed by atoms with Gasteiger partial charge in [-0.25, -0.2) is 0 Å². The second kappa shape index (κ2) is 9.07. The van der Waals surface area contributed by atoms with Gasteiger partial charge in [0.05, 0.1) is 13.2 Å². The van der Waals surface area contributed by atoms with Crippen LogP contribution in [0.15, 0.2) is 0 Å². The molecule has 1 aliphatic rings. The topological polar surface area (TPSA) is 108 Å². The van der Waals surface area contributed by atoms with E-state index in [2.05, 4.69) is 9.80 Å². The highest BCUT2D eigenvalue weighted by molar-refractivity contribution is 7.51. The number of hydrogen-bond acceptors (Lipinski definition) is 6. The van der Waals surface area contributed by atoms with Gasteiger partial charge < -0.3 is 20.0 Å². The Kier molecular flexibility index (Phi) is 8.16. The Hall–Kier alpha value is -0.0500. The van der Waals surface area contributed by atoms with E-state index in [-0.39, 0.29) is 19.5 Å². The Labute approximate surface area is 119 Å². The highest BCUT2D eigenvalue weighted by Crippen LogP contribution is 2.34. The molecular formula is C11H26N3O5P. The Bertz CT molecular complexity index is 296. The normalized spacial score (nSPS) is 21.4. The molecule has 0 aliphatic carbocycles. The van der Waals surface area contributed by atoms with E-state index in [1.807, 2.05) is 0 Å². The van der Waals surface area contributed by atoms with E-state index in [1.54, 1.807) is 4.90 Å². The van der Waals surface area contributed by atoms with Crippen molar-refractivity contribution in [1.82, 2.24) is 14.7 Å². The van der Waals surface area contributed by atoms with Gasteiger partial charge in [-0.1, -0.05) is 0 Å². The molecule has 0 unspecified atom stereocenters. The molecule has 0 bridgehead atoms. The lowest BCUT2D eigenvalue weighted by Gasteiger charge is -2.25. The number of β-amino-alcohol motifs (C(OH)–C–C–N with tert-alkyl or cyclic N) is 2. The minimum Gasteiger partial charge on any atom is -0.395 e. The minimum absolute atomic E-state index is 0.0679. The van der Waals surface area contributed by atoms with Crippen molar-refractivity contribution in [3.63, 3.8) is 0 Å². The molecule has 1 fully saturated rings. The third kappa shape index (κ3) is 7.66. The van der Waals surface area contributed by atoms with Crippen LogP contribution in [0.5, 0.6) is 0 Å². The van der Waals surface area contributed by atoms with Gasteiger partial charge in [-0.05, 0) is 0 Å². The van der Waals surface area contributed by atoms with Crippen LogP contribution in [0.2, 0.25) is 0 Å². The number of nitrogens with zero attached hydrogens (tertiary/aromatic N) is 3. The largest absolute Gasteiger partial charge is 0.395 e. The fourth-order valence-electron chi connectivity index (χ4n) is 2.32. The summed E-state index contributed by atoms with van der Waals surface area (Å²) in [6.07, 6.45) is -0.243. The lowest BCUT2D eigenvalue weighted by atomic mass is 10.4. The molecule has 8 nitrogen and oxygen atoms in total. The second-order valence-corrected chi connectivity index (χ2v) is 6.67. The van der Waals surface area contributed by atoms with Gasteiger partial charge in [0, 0.05) is 52.4 Å². The third-order valence-electron chi connectivity index (χ3n) is 3.41. The maximum Gasteiger partial charge on any atom is 0.339 e. The van der Waals surface area contributed by atoms with E-state index in [0.717, 1.165) is 13.1 Å². The molecule has 20 heavy (non-hydrogen) atoms. The monoisotopic (exact) mass is 311 g/mol. The third-order valence-corrected chi connectivity index (χ3v) is 4.18. The fourth-order valence-corrected chi connectivity index (χ4v) is 3.12. The first-order valence-corrected chi connectivity index (χ1v) is 8.67. The highest BCUT2D eigenvalue weighted by Gasteiger charge is 2.22. The summed E-state index contributed by atoms with van der Waals surface area (Å²) in [6, 6.07) is 0. The van der Waals surface area contributed by atoms with Gasteiger partial charge in [-0.2, -0.15) is 0 Å². The SMILES string of the molecule is O=P(O)(O)CN1CCN(CCO)CCN(CCO)CC1. The maximum atomic E-state index is 11.1. The summed E-state index contributed by atoms with van der Waals surface area (Å²) in [5.74, 6) is 0. The van der Waals surface area contributed by atoms with E-state index < -0.39 is 7.60 Å². The van der Waals surface area contributed by atoms with Crippen molar-refractivity contribution in [3.8, 4) is 0 Å². The number of hydrogen-bond donors (Lipinski definition) is 4. The molecular weight excluding hydrogens is 285 g/mol.